The number of nitrogen functional groups attached to an aromatic ring is 1. The van der Waals surface area contributed by atoms with Crippen molar-refractivity contribution < 1.29 is 13.2 Å². The van der Waals surface area contributed by atoms with E-state index in [0.29, 0.717) is 18.9 Å². The zero-order valence-electron chi connectivity index (χ0n) is 10.3. The Hall–Kier alpha value is -1.62. The number of hydrogen-bond acceptors (Lipinski definition) is 5. The average Bonchev–Trinajstić information content (AvgIpc) is 2.38. The maximum Gasteiger partial charge on any atom is 0.242 e. The minimum Gasteiger partial charge on any atom is -0.399 e. The number of ether oxygens (including phenoxy) is 1. The van der Waals surface area contributed by atoms with Crippen LogP contribution in [0, 0.1) is 11.3 Å². The van der Waals surface area contributed by atoms with Gasteiger partial charge < -0.3 is 10.5 Å². The Morgan fingerprint density at radius 1 is 1.47 bits per heavy atom. The Morgan fingerprint density at radius 3 is 2.89 bits per heavy atom. The largest absolute Gasteiger partial charge is 0.399 e. The van der Waals surface area contributed by atoms with Crippen molar-refractivity contribution in [2.75, 3.05) is 18.9 Å². The van der Waals surface area contributed by atoms with Crippen LogP contribution in [0.2, 0.25) is 0 Å². The van der Waals surface area contributed by atoms with Gasteiger partial charge in [-0.15, -0.1) is 0 Å². The van der Waals surface area contributed by atoms with Crippen LogP contribution in [-0.2, 0) is 14.8 Å². The van der Waals surface area contributed by atoms with E-state index in [4.69, 9.17) is 15.7 Å². The summed E-state index contributed by atoms with van der Waals surface area (Å²) in [5, 5.41) is 8.99. The maximum absolute atomic E-state index is 12.2. The van der Waals surface area contributed by atoms with Gasteiger partial charge in [0.15, 0.2) is 0 Å². The van der Waals surface area contributed by atoms with Crippen molar-refractivity contribution in [3.05, 3.63) is 23.8 Å². The predicted molar refractivity (Wildman–Crippen MR) is 69.7 cm³/mol. The van der Waals surface area contributed by atoms with Gasteiger partial charge in [0.05, 0.1) is 17.1 Å². The first kappa shape index (κ1) is 13.8. The van der Waals surface area contributed by atoms with Crippen LogP contribution in [0.25, 0.3) is 0 Å². The second-order valence-electron chi connectivity index (χ2n) is 4.40. The van der Waals surface area contributed by atoms with Gasteiger partial charge in [0.25, 0.3) is 0 Å². The van der Waals surface area contributed by atoms with Crippen LogP contribution in [0.3, 0.4) is 0 Å². The van der Waals surface area contributed by atoms with E-state index in [1.807, 2.05) is 6.07 Å². The molecule has 1 aliphatic rings. The third-order valence-electron chi connectivity index (χ3n) is 2.90. The maximum atomic E-state index is 12.2. The highest BCUT2D eigenvalue weighted by Gasteiger charge is 2.24. The molecule has 0 aromatic heterocycles. The molecule has 1 saturated heterocycles. The molecule has 1 aliphatic heterocycles. The summed E-state index contributed by atoms with van der Waals surface area (Å²) in [6.07, 6.45) is 1.55. The molecule has 102 valence electrons. The fourth-order valence-electron chi connectivity index (χ4n) is 1.99. The molecule has 1 aromatic carbocycles. The van der Waals surface area contributed by atoms with Crippen LogP contribution >= 0.6 is 0 Å². The minimum atomic E-state index is -3.73. The highest BCUT2D eigenvalue weighted by Crippen LogP contribution is 2.19. The minimum absolute atomic E-state index is 0.0456. The van der Waals surface area contributed by atoms with Crippen molar-refractivity contribution in [1.82, 2.24) is 4.72 Å². The molecule has 6 nitrogen and oxygen atoms in total. The SMILES string of the molecule is N#Cc1cc(N)ccc1S(=O)(=O)NC1CCCOC1. The van der Waals surface area contributed by atoms with Gasteiger partial charge in [0.1, 0.15) is 6.07 Å². The van der Waals surface area contributed by atoms with Crippen LogP contribution in [-0.4, -0.2) is 27.7 Å². The standard InChI is InChI=1S/C12H15N3O3S/c13-7-9-6-10(14)3-4-12(9)19(16,17)15-11-2-1-5-18-8-11/h3-4,6,11,15H,1-2,5,8,14H2. The molecule has 0 aliphatic carbocycles. The first-order chi connectivity index (χ1) is 9.03. The third kappa shape index (κ3) is 3.23. The normalized spacial score (nSPS) is 19.8. The van der Waals surface area contributed by atoms with Gasteiger partial charge in [-0.2, -0.15) is 5.26 Å². The molecule has 2 rings (SSSR count). The lowest BCUT2D eigenvalue weighted by Crippen LogP contribution is -2.40. The zero-order valence-corrected chi connectivity index (χ0v) is 11.1. The van der Waals surface area contributed by atoms with Crippen LogP contribution in [0.1, 0.15) is 18.4 Å². The quantitative estimate of drug-likeness (QED) is 0.789. The van der Waals surface area contributed by atoms with Gasteiger partial charge in [0.2, 0.25) is 10.0 Å². The lowest BCUT2D eigenvalue weighted by Gasteiger charge is -2.23. The lowest BCUT2D eigenvalue weighted by atomic mass is 10.1. The zero-order chi connectivity index (χ0) is 13.9. The molecule has 1 atom stereocenters. The van der Waals surface area contributed by atoms with Gasteiger partial charge in [-0.3, -0.25) is 0 Å². The summed E-state index contributed by atoms with van der Waals surface area (Å²) in [6.45, 7) is 1.01. The molecule has 1 heterocycles. The van der Waals surface area contributed by atoms with Crippen molar-refractivity contribution >= 4 is 15.7 Å². The van der Waals surface area contributed by atoms with Gasteiger partial charge in [-0.1, -0.05) is 0 Å². The van der Waals surface area contributed by atoms with Gasteiger partial charge in [0, 0.05) is 18.3 Å². The highest BCUT2D eigenvalue weighted by molar-refractivity contribution is 7.89. The van der Waals surface area contributed by atoms with E-state index in [2.05, 4.69) is 4.72 Å². The molecule has 1 fully saturated rings. The predicted octanol–water partition coefficient (Wildman–Crippen LogP) is 0.598. The van der Waals surface area contributed by atoms with E-state index in [0.717, 1.165) is 12.8 Å². The number of sulfonamides is 1. The number of rotatable bonds is 3. The van der Waals surface area contributed by atoms with E-state index in [1.54, 1.807) is 0 Å². The van der Waals surface area contributed by atoms with E-state index >= 15 is 0 Å². The number of nitrogens with zero attached hydrogens (tertiary/aromatic N) is 1. The van der Waals surface area contributed by atoms with Crippen LogP contribution in [0.4, 0.5) is 5.69 Å². The topological polar surface area (TPSA) is 105 Å². The molecular formula is C12H15N3O3S. The Morgan fingerprint density at radius 2 is 2.26 bits per heavy atom. The first-order valence-corrected chi connectivity index (χ1v) is 7.41. The molecule has 1 aromatic rings. The van der Waals surface area contributed by atoms with Crippen LogP contribution in [0.15, 0.2) is 23.1 Å². The van der Waals surface area contributed by atoms with Crippen molar-refractivity contribution in [2.45, 2.75) is 23.8 Å². The molecule has 0 saturated carbocycles. The van der Waals surface area contributed by atoms with Crippen LogP contribution in [0.5, 0.6) is 0 Å². The number of anilines is 1. The lowest BCUT2D eigenvalue weighted by molar-refractivity contribution is 0.0774. The summed E-state index contributed by atoms with van der Waals surface area (Å²) in [4.78, 5) is -0.0465. The van der Waals surface area contributed by atoms with Crippen molar-refractivity contribution in [2.24, 2.45) is 0 Å². The van der Waals surface area contributed by atoms with Gasteiger partial charge >= 0.3 is 0 Å². The Labute approximate surface area is 112 Å². The summed E-state index contributed by atoms with van der Waals surface area (Å²) in [5.74, 6) is 0. The smallest absolute Gasteiger partial charge is 0.242 e. The van der Waals surface area contributed by atoms with Crippen molar-refractivity contribution in [3.8, 4) is 6.07 Å². The van der Waals surface area contributed by atoms with E-state index in [-0.39, 0.29) is 16.5 Å². The number of benzene rings is 1. The molecule has 7 heteroatoms. The van der Waals surface area contributed by atoms with Crippen LogP contribution < -0.4 is 10.5 Å². The first-order valence-electron chi connectivity index (χ1n) is 5.92. The summed E-state index contributed by atoms with van der Waals surface area (Å²) >= 11 is 0. The summed E-state index contributed by atoms with van der Waals surface area (Å²) in [6, 6.07) is 5.77. The Kier molecular flexibility index (Phi) is 4.04. The Bertz CT molecular complexity index is 601. The monoisotopic (exact) mass is 281 g/mol. The van der Waals surface area contributed by atoms with E-state index in [1.165, 1.54) is 18.2 Å². The average molecular weight is 281 g/mol. The molecule has 19 heavy (non-hydrogen) atoms. The van der Waals surface area contributed by atoms with E-state index < -0.39 is 10.0 Å². The molecule has 0 amide bonds. The summed E-state index contributed by atoms with van der Waals surface area (Å²) in [5.41, 5.74) is 5.95. The molecule has 0 radical (unpaired) electrons. The molecule has 1 unspecified atom stereocenters. The second-order valence-corrected chi connectivity index (χ2v) is 6.09. The Balaban J connectivity index is 2.26. The molecule has 3 N–H and O–H groups in total. The van der Waals surface area contributed by atoms with Gasteiger partial charge in [-0.25, -0.2) is 13.1 Å². The van der Waals surface area contributed by atoms with Crippen molar-refractivity contribution in [3.63, 3.8) is 0 Å². The molecule has 0 bridgehead atoms. The fourth-order valence-corrected chi connectivity index (χ4v) is 3.38. The second kappa shape index (κ2) is 5.57. The summed E-state index contributed by atoms with van der Waals surface area (Å²) in [7, 11) is -3.73. The third-order valence-corrected chi connectivity index (χ3v) is 4.47. The summed E-state index contributed by atoms with van der Waals surface area (Å²) < 4.78 is 32.3. The number of nitriles is 1. The van der Waals surface area contributed by atoms with E-state index in [9.17, 15) is 8.42 Å². The van der Waals surface area contributed by atoms with Crippen molar-refractivity contribution in [1.29, 1.82) is 5.26 Å². The fraction of sp³-hybridized carbons (Fsp3) is 0.417. The van der Waals surface area contributed by atoms with Gasteiger partial charge in [-0.05, 0) is 31.0 Å². The molecular weight excluding hydrogens is 266 g/mol. The number of nitrogens with one attached hydrogen (secondary N) is 1. The highest BCUT2D eigenvalue weighted by atomic mass is 32.2. The number of nitrogens with two attached hydrogens (primary N) is 1. The number of hydrogen-bond donors (Lipinski definition) is 2. The molecule has 0 spiro atoms.